The van der Waals surface area contributed by atoms with E-state index in [1.807, 2.05) is 6.07 Å². The van der Waals surface area contributed by atoms with E-state index >= 15 is 0 Å². The minimum atomic E-state index is -0.416. The summed E-state index contributed by atoms with van der Waals surface area (Å²) in [5.41, 5.74) is 4.12. The third-order valence-electron chi connectivity index (χ3n) is 5.68. The normalized spacial score (nSPS) is 15.4. The molecule has 0 saturated carbocycles. The number of nitrogens with one attached hydrogen (secondary N) is 2. The van der Waals surface area contributed by atoms with E-state index in [4.69, 9.17) is 0 Å². The summed E-state index contributed by atoms with van der Waals surface area (Å²) >= 11 is 0. The summed E-state index contributed by atoms with van der Waals surface area (Å²) < 4.78 is 0. The van der Waals surface area contributed by atoms with Crippen LogP contribution in [-0.4, -0.2) is 49.9 Å². The highest BCUT2D eigenvalue weighted by Gasteiger charge is 2.20. The molecule has 0 bridgehead atoms. The summed E-state index contributed by atoms with van der Waals surface area (Å²) in [6.45, 7) is 2.10. The van der Waals surface area contributed by atoms with Gasteiger partial charge in [-0.1, -0.05) is 0 Å². The largest absolute Gasteiger partial charge is 0.396 e. The zero-order chi connectivity index (χ0) is 20.0. The molecule has 0 amide bonds. The van der Waals surface area contributed by atoms with E-state index in [-0.39, 0.29) is 12.3 Å². The first-order valence-electron chi connectivity index (χ1n) is 9.61. The van der Waals surface area contributed by atoms with Gasteiger partial charge in [-0.25, -0.2) is 4.98 Å². The predicted octanol–water partition coefficient (Wildman–Crippen LogP) is 3.22. The number of rotatable bonds is 4. The Labute approximate surface area is 165 Å². The zero-order valence-corrected chi connectivity index (χ0v) is 15.6. The summed E-state index contributed by atoms with van der Waals surface area (Å²) in [6.07, 6.45) is 1.97. The Morgan fingerprint density at radius 3 is 2.76 bits per heavy atom. The van der Waals surface area contributed by atoms with Crippen molar-refractivity contribution < 1.29 is 10.0 Å². The molecule has 148 valence electrons. The first-order valence-corrected chi connectivity index (χ1v) is 9.61. The van der Waals surface area contributed by atoms with E-state index in [2.05, 4.69) is 37.2 Å². The van der Waals surface area contributed by atoms with Crippen LogP contribution in [0.25, 0.3) is 33.5 Å². The number of aliphatic hydroxyl groups excluding tert-OH is 1. The first kappa shape index (κ1) is 17.6. The van der Waals surface area contributed by atoms with Gasteiger partial charge >= 0.3 is 0 Å². The highest BCUT2D eigenvalue weighted by molar-refractivity contribution is 5.94. The quantitative estimate of drug-likeness (QED) is 0.362. The fourth-order valence-electron chi connectivity index (χ4n) is 3.98. The maximum absolute atomic E-state index is 11.1. The van der Waals surface area contributed by atoms with Gasteiger partial charge in [-0.15, -0.1) is 0 Å². The molecule has 3 N–H and O–H groups in total. The molecule has 1 fully saturated rings. The third-order valence-corrected chi connectivity index (χ3v) is 5.68. The molecule has 0 unspecified atom stereocenters. The van der Waals surface area contributed by atoms with Gasteiger partial charge in [0.25, 0.3) is 5.69 Å². The van der Waals surface area contributed by atoms with Gasteiger partial charge in [0.15, 0.2) is 5.82 Å². The maximum Gasteiger partial charge on any atom is 0.270 e. The molecule has 2 aromatic carbocycles. The highest BCUT2D eigenvalue weighted by Crippen LogP contribution is 2.31. The second-order valence-corrected chi connectivity index (χ2v) is 7.46. The van der Waals surface area contributed by atoms with Crippen molar-refractivity contribution in [1.82, 2.24) is 20.2 Å². The van der Waals surface area contributed by atoms with E-state index in [0.717, 1.165) is 48.2 Å². The van der Waals surface area contributed by atoms with Crippen molar-refractivity contribution >= 4 is 33.3 Å². The van der Waals surface area contributed by atoms with Crippen molar-refractivity contribution in [1.29, 1.82) is 0 Å². The van der Waals surface area contributed by atoms with E-state index in [1.54, 1.807) is 6.07 Å². The van der Waals surface area contributed by atoms with Crippen molar-refractivity contribution in [2.45, 2.75) is 12.8 Å². The van der Waals surface area contributed by atoms with E-state index in [0.29, 0.717) is 22.8 Å². The van der Waals surface area contributed by atoms with Crippen molar-refractivity contribution in [3.8, 4) is 11.5 Å². The minimum Gasteiger partial charge on any atom is -0.396 e. The summed E-state index contributed by atoms with van der Waals surface area (Å²) in [4.78, 5) is 21.0. The Kier molecular flexibility index (Phi) is 4.17. The molecule has 9 nitrogen and oxygen atoms in total. The lowest BCUT2D eigenvalue weighted by atomic mass is 9.97. The lowest BCUT2D eigenvalue weighted by molar-refractivity contribution is -0.384. The van der Waals surface area contributed by atoms with Gasteiger partial charge in [0.05, 0.1) is 21.5 Å². The molecule has 29 heavy (non-hydrogen) atoms. The Bertz CT molecular complexity index is 1210. The Morgan fingerprint density at radius 1 is 1.17 bits per heavy atom. The van der Waals surface area contributed by atoms with Gasteiger partial charge in [0.1, 0.15) is 5.69 Å². The molecule has 1 saturated heterocycles. The van der Waals surface area contributed by atoms with E-state index in [1.165, 1.54) is 12.1 Å². The second kappa shape index (κ2) is 6.85. The number of aliphatic hydroxyl groups is 1. The first-order chi connectivity index (χ1) is 14.1. The number of anilines is 1. The average Bonchev–Trinajstić information content (AvgIpc) is 3.36. The summed E-state index contributed by atoms with van der Waals surface area (Å²) in [6, 6.07) is 10.7. The number of hydrogen-bond donors (Lipinski definition) is 3. The zero-order valence-electron chi connectivity index (χ0n) is 15.6. The molecule has 1 aliphatic rings. The summed E-state index contributed by atoms with van der Waals surface area (Å²) in [5.74, 6) is 0.966. The molecule has 4 aromatic rings. The number of nitro benzene ring substituents is 1. The SMILES string of the molecule is O=[N+]([O-])c1ccc2[nH]nc(-c3nc4ccc(N5CCC(CO)CC5)cc4[nH]3)c2c1. The molecule has 0 spiro atoms. The van der Waals surface area contributed by atoms with Crippen LogP contribution in [-0.2, 0) is 0 Å². The van der Waals surface area contributed by atoms with Gasteiger partial charge in [0.2, 0.25) is 0 Å². The van der Waals surface area contributed by atoms with Gasteiger partial charge in [-0.3, -0.25) is 15.2 Å². The molecule has 0 atom stereocenters. The fourth-order valence-corrected chi connectivity index (χ4v) is 3.98. The van der Waals surface area contributed by atoms with E-state index < -0.39 is 4.92 Å². The van der Waals surface area contributed by atoms with Crippen molar-refractivity contribution in [3.05, 3.63) is 46.5 Å². The van der Waals surface area contributed by atoms with Crippen LogP contribution in [0.2, 0.25) is 0 Å². The highest BCUT2D eigenvalue weighted by atomic mass is 16.6. The van der Waals surface area contributed by atoms with Gasteiger partial charge < -0.3 is 15.0 Å². The Morgan fingerprint density at radius 2 is 2.00 bits per heavy atom. The number of benzene rings is 2. The number of H-pyrrole nitrogens is 2. The van der Waals surface area contributed by atoms with Crippen molar-refractivity contribution in [2.24, 2.45) is 5.92 Å². The number of nitrogens with zero attached hydrogens (tertiary/aromatic N) is 4. The molecule has 1 aliphatic heterocycles. The van der Waals surface area contributed by atoms with Crippen molar-refractivity contribution in [2.75, 3.05) is 24.6 Å². The average molecular weight is 392 g/mol. The van der Waals surface area contributed by atoms with Crippen LogP contribution in [0, 0.1) is 16.0 Å². The van der Waals surface area contributed by atoms with Crippen molar-refractivity contribution in [3.63, 3.8) is 0 Å². The van der Waals surface area contributed by atoms with Gasteiger partial charge in [0, 0.05) is 42.9 Å². The number of aromatic amines is 2. The third kappa shape index (κ3) is 3.09. The van der Waals surface area contributed by atoms with E-state index in [9.17, 15) is 15.2 Å². The molecule has 9 heteroatoms. The molecule has 3 heterocycles. The number of hydrogen-bond acceptors (Lipinski definition) is 6. The minimum absolute atomic E-state index is 0.0184. The number of piperidine rings is 1. The molecule has 0 aliphatic carbocycles. The summed E-state index contributed by atoms with van der Waals surface area (Å²) in [7, 11) is 0. The Balaban J connectivity index is 1.50. The van der Waals surface area contributed by atoms with Crippen LogP contribution in [0.1, 0.15) is 12.8 Å². The molecule has 0 radical (unpaired) electrons. The number of fused-ring (bicyclic) bond motifs is 2. The maximum atomic E-state index is 11.1. The molecule has 5 rings (SSSR count). The van der Waals surface area contributed by atoms with Crippen LogP contribution >= 0.6 is 0 Å². The van der Waals surface area contributed by atoms with Crippen LogP contribution in [0.3, 0.4) is 0 Å². The molecule has 2 aromatic heterocycles. The standard InChI is InChI=1S/C20H20N6O3/c27-11-12-5-7-25(8-6-12)13-1-4-17-18(10-13)22-20(21-17)19-15-9-14(26(28)29)2-3-16(15)23-24-19/h1-4,9-10,12,27H,5-8,11H2,(H,21,22)(H,23,24). The monoisotopic (exact) mass is 392 g/mol. The van der Waals surface area contributed by atoms with Crippen LogP contribution in [0.4, 0.5) is 11.4 Å². The number of aromatic nitrogens is 4. The number of nitro groups is 1. The molecular weight excluding hydrogens is 372 g/mol. The number of non-ortho nitro benzene ring substituents is 1. The van der Waals surface area contributed by atoms with Crippen LogP contribution in [0.5, 0.6) is 0 Å². The van der Waals surface area contributed by atoms with Crippen LogP contribution in [0.15, 0.2) is 36.4 Å². The second-order valence-electron chi connectivity index (χ2n) is 7.46. The van der Waals surface area contributed by atoms with Gasteiger partial charge in [-0.05, 0) is 43.0 Å². The Hall–Kier alpha value is -3.46. The fraction of sp³-hybridized carbons (Fsp3) is 0.300. The molecular formula is C20H20N6O3. The summed E-state index contributed by atoms with van der Waals surface area (Å²) in [5, 5.41) is 28.3. The lowest BCUT2D eigenvalue weighted by Crippen LogP contribution is -2.34. The topological polar surface area (TPSA) is 124 Å². The smallest absolute Gasteiger partial charge is 0.270 e. The van der Waals surface area contributed by atoms with Gasteiger partial charge in [-0.2, -0.15) is 5.10 Å². The number of imidazole rings is 1. The predicted molar refractivity (Wildman–Crippen MR) is 110 cm³/mol. The van der Waals surface area contributed by atoms with Crippen LogP contribution < -0.4 is 4.90 Å². The lowest BCUT2D eigenvalue weighted by Gasteiger charge is -2.32.